The smallest absolute Gasteiger partial charge is 0.339 e. The summed E-state index contributed by atoms with van der Waals surface area (Å²) in [5, 5.41) is 16.1. The second kappa shape index (κ2) is 5.32. The standard InChI is InChI=1S/C10H12N6O2/c1-16-6-14-9(15-16)4-11-3-8-7(10(17)18)2-12-5-13-8/h2,5-6,11H,3-4H2,1H3,(H,17,18). The molecule has 0 aliphatic carbocycles. The molecule has 0 atom stereocenters. The minimum atomic E-state index is -1.04. The van der Waals surface area contributed by atoms with E-state index in [1.165, 1.54) is 12.5 Å². The molecule has 94 valence electrons. The summed E-state index contributed by atoms with van der Waals surface area (Å²) in [7, 11) is 1.78. The predicted molar refractivity (Wildman–Crippen MR) is 60.5 cm³/mol. The van der Waals surface area contributed by atoms with E-state index in [9.17, 15) is 4.79 Å². The van der Waals surface area contributed by atoms with Gasteiger partial charge < -0.3 is 10.4 Å². The molecule has 2 heterocycles. The molecule has 2 aromatic heterocycles. The van der Waals surface area contributed by atoms with Crippen molar-refractivity contribution in [2.24, 2.45) is 7.05 Å². The summed E-state index contributed by atoms with van der Waals surface area (Å²) in [5.74, 6) is -0.396. The van der Waals surface area contributed by atoms with Crippen LogP contribution in [0.15, 0.2) is 18.9 Å². The first-order chi connectivity index (χ1) is 8.66. The molecular weight excluding hydrogens is 236 g/mol. The van der Waals surface area contributed by atoms with Gasteiger partial charge in [-0.3, -0.25) is 4.68 Å². The number of hydrogen-bond acceptors (Lipinski definition) is 6. The first-order valence-electron chi connectivity index (χ1n) is 5.24. The second-order valence-corrected chi connectivity index (χ2v) is 3.63. The average molecular weight is 248 g/mol. The van der Waals surface area contributed by atoms with Crippen molar-refractivity contribution < 1.29 is 9.90 Å². The van der Waals surface area contributed by atoms with Crippen LogP contribution in [0, 0.1) is 0 Å². The van der Waals surface area contributed by atoms with Crippen molar-refractivity contribution in [2.75, 3.05) is 0 Å². The molecule has 0 radical (unpaired) electrons. The number of rotatable bonds is 5. The number of aryl methyl sites for hydroxylation is 1. The predicted octanol–water partition coefficient (Wildman–Crippen LogP) is -0.407. The fourth-order valence-electron chi connectivity index (χ4n) is 1.43. The third-order valence-corrected chi connectivity index (χ3v) is 2.25. The Bertz CT molecular complexity index is 553. The van der Waals surface area contributed by atoms with Crippen molar-refractivity contribution in [3.8, 4) is 0 Å². The normalized spacial score (nSPS) is 10.5. The first-order valence-corrected chi connectivity index (χ1v) is 5.24. The lowest BCUT2D eigenvalue weighted by atomic mass is 10.2. The van der Waals surface area contributed by atoms with Gasteiger partial charge in [-0.1, -0.05) is 0 Å². The van der Waals surface area contributed by atoms with Crippen LogP contribution in [-0.4, -0.2) is 35.8 Å². The van der Waals surface area contributed by atoms with Crippen molar-refractivity contribution >= 4 is 5.97 Å². The maximum absolute atomic E-state index is 10.9. The number of nitrogens with zero attached hydrogens (tertiary/aromatic N) is 5. The SMILES string of the molecule is Cn1cnc(CNCc2ncncc2C(=O)O)n1. The van der Waals surface area contributed by atoms with Gasteiger partial charge >= 0.3 is 5.97 Å². The second-order valence-electron chi connectivity index (χ2n) is 3.63. The minimum Gasteiger partial charge on any atom is -0.478 e. The summed E-state index contributed by atoms with van der Waals surface area (Å²) in [6.07, 6.45) is 4.21. The Kier molecular flexibility index (Phi) is 3.58. The van der Waals surface area contributed by atoms with Gasteiger partial charge in [0.2, 0.25) is 0 Å². The van der Waals surface area contributed by atoms with E-state index in [2.05, 4.69) is 25.4 Å². The largest absolute Gasteiger partial charge is 0.478 e. The molecule has 0 aliphatic heterocycles. The zero-order valence-corrected chi connectivity index (χ0v) is 9.74. The van der Waals surface area contributed by atoms with E-state index >= 15 is 0 Å². The molecule has 0 spiro atoms. The van der Waals surface area contributed by atoms with Crippen molar-refractivity contribution in [1.82, 2.24) is 30.0 Å². The van der Waals surface area contributed by atoms with Crippen LogP contribution < -0.4 is 5.32 Å². The van der Waals surface area contributed by atoms with E-state index in [-0.39, 0.29) is 5.56 Å². The fraction of sp³-hybridized carbons (Fsp3) is 0.300. The highest BCUT2D eigenvalue weighted by molar-refractivity contribution is 5.88. The molecule has 8 nitrogen and oxygen atoms in total. The van der Waals surface area contributed by atoms with Crippen molar-refractivity contribution in [2.45, 2.75) is 13.1 Å². The van der Waals surface area contributed by atoms with Crippen LogP contribution in [0.3, 0.4) is 0 Å². The van der Waals surface area contributed by atoms with Crippen LogP contribution in [0.2, 0.25) is 0 Å². The average Bonchev–Trinajstić information content (AvgIpc) is 2.75. The molecule has 0 unspecified atom stereocenters. The zero-order valence-electron chi connectivity index (χ0n) is 9.74. The Balaban J connectivity index is 1.96. The molecule has 0 saturated heterocycles. The van der Waals surface area contributed by atoms with Crippen LogP contribution in [0.25, 0.3) is 0 Å². The summed E-state index contributed by atoms with van der Waals surface area (Å²) in [4.78, 5) is 22.6. The summed E-state index contributed by atoms with van der Waals surface area (Å²) in [6, 6.07) is 0. The van der Waals surface area contributed by atoms with E-state index in [0.29, 0.717) is 24.6 Å². The Morgan fingerprint density at radius 1 is 1.44 bits per heavy atom. The Labute approximate surface area is 103 Å². The van der Waals surface area contributed by atoms with Crippen molar-refractivity contribution in [3.63, 3.8) is 0 Å². The molecule has 0 aromatic carbocycles. The lowest BCUT2D eigenvalue weighted by molar-refractivity contribution is 0.0694. The van der Waals surface area contributed by atoms with Crippen LogP contribution >= 0.6 is 0 Å². The monoisotopic (exact) mass is 248 g/mol. The van der Waals surface area contributed by atoms with Gasteiger partial charge in [0, 0.05) is 19.8 Å². The molecule has 2 aromatic rings. The molecule has 18 heavy (non-hydrogen) atoms. The summed E-state index contributed by atoms with van der Waals surface area (Å²) in [5.41, 5.74) is 0.535. The van der Waals surface area contributed by atoms with E-state index in [1.54, 1.807) is 18.1 Å². The number of nitrogens with one attached hydrogen (secondary N) is 1. The molecule has 2 N–H and O–H groups in total. The maximum atomic E-state index is 10.9. The van der Waals surface area contributed by atoms with Crippen LogP contribution in [0.5, 0.6) is 0 Å². The molecular formula is C10H12N6O2. The molecule has 8 heteroatoms. The van der Waals surface area contributed by atoms with Crippen LogP contribution in [0.4, 0.5) is 0 Å². The summed E-state index contributed by atoms with van der Waals surface area (Å²) >= 11 is 0. The molecule has 0 bridgehead atoms. The van der Waals surface area contributed by atoms with E-state index in [1.807, 2.05) is 0 Å². The van der Waals surface area contributed by atoms with Gasteiger partial charge in [0.05, 0.1) is 12.2 Å². The highest BCUT2D eigenvalue weighted by Crippen LogP contribution is 2.03. The Morgan fingerprint density at radius 2 is 2.28 bits per heavy atom. The number of carbonyl (C=O) groups is 1. The molecule has 0 amide bonds. The number of aromatic nitrogens is 5. The van der Waals surface area contributed by atoms with Crippen LogP contribution in [-0.2, 0) is 20.1 Å². The van der Waals surface area contributed by atoms with Gasteiger partial charge in [0.1, 0.15) is 18.2 Å². The minimum absolute atomic E-state index is 0.0963. The van der Waals surface area contributed by atoms with Crippen molar-refractivity contribution in [1.29, 1.82) is 0 Å². The van der Waals surface area contributed by atoms with E-state index < -0.39 is 5.97 Å². The fourth-order valence-corrected chi connectivity index (χ4v) is 1.43. The van der Waals surface area contributed by atoms with Gasteiger partial charge in [-0.2, -0.15) is 5.10 Å². The van der Waals surface area contributed by atoms with Crippen molar-refractivity contribution in [3.05, 3.63) is 35.9 Å². The van der Waals surface area contributed by atoms with E-state index in [4.69, 9.17) is 5.11 Å². The lowest BCUT2D eigenvalue weighted by Crippen LogP contribution is -2.18. The Hall–Kier alpha value is -2.35. The molecule has 0 aliphatic rings. The highest BCUT2D eigenvalue weighted by Gasteiger charge is 2.10. The third-order valence-electron chi connectivity index (χ3n) is 2.25. The number of aromatic carboxylic acids is 1. The van der Waals surface area contributed by atoms with Gasteiger partial charge in [-0.05, 0) is 0 Å². The topological polar surface area (TPSA) is 106 Å². The number of hydrogen-bond donors (Lipinski definition) is 2. The highest BCUT2D eigenvalue weighted by atomic mass is 16.4. The van der Waals surface area contributed by atoms with Crippen LogP contribution in [0.1, 0.15) is 21.9 Å². The molecule has 2 rings (SSSR count). The first kappa shape index (κ1) is 12.1. The van der Waals surface area contributed by atoms with E-state index in [0.717, 1.165) is 0 Å². The number of carboxylic acids is 1. The third kappa shape index (κ3) is 2.86. The summed E-state index contributed by atoms with van der Waals surface area (Å²) in [6.45, 7) is 0.770. The van der Waals surface area contributed by atoms with Gasteiger partial charge in [0.25, 0.3) is 0 Å². The summed E-state index contributed by atoms with van der Waals surface area (Å²) < 4.78 is 1.60. The zero-order chi connectivity index (χ0) is 13.0. The van der Waals surface area contributed by atoms with Gasteiger partial charge in [-0.15, -0.1) is 0 Å². The number of carboxylic acid groups (broad SMARTS) is 1. The lowest BCUT2D eigenvalue weighted by Gasteiger charge is -2.04. The molecule has 0 fully saturated rings. The Morgan fingerprint density at radius 3 is 2.94 bits per heavy atom. The molecule has 0 saturated carbocycles. The van der Waals surface area contributed by atoms with Gasteiger partial charge in [-0.25, -0.2) is 19.7 Å². The maximum Gasteiger partial charge on any atom is 0.339 e. The van der Waals surface area contributed by atoms with Gasteiger partial charge in [0.15, 0.2) is 5.82 Å². The quantitative estimate of drug-likeness (QED) is 0.741.